The van der Waals surface area contributed by atoms with E-state index in [0.717, 1.165) is 25.9 Å². The summed E-state index contributed by atoms with van der Waals surface area (Å²) in [5, 5.41) is 3.08. The topological polar surface area (TPSA) is 67.9 Å². The zero-order valence-electron chi connectivity index (χ0n) is 15.6. The fraction of sp³-hybridized carbons (Fsp3) is 0.600. The summed E-state index contributed by atoms with van der Waals surface area (Å²) in [5.41, 5.74) is 0.772. The van der Waals surface area contributed by atoms with Crippen LogP contribution in [0.5, 0.6) is 5.75 Å². The number of carbonyl (C=O) groups is 2. The summed E-state index contributed by atoms with van der Waals surface area (Å²) in [4.78, 5) is 26.9. The molecule has 2 fully saturated rings. The maximum absolute atomic E-state index is 12.7. The number of carbonyl (C=O) groups excluding carboxylic acids is 2. The van der Waals surface area contributed by atoms with E-state index in [1.165, 1.54) is 26.4 Å². The lowest BCUT2D eigenvalue weighted by atomic mass is 9.86. The van der Waals surface area contributed by atoms with Crippen LogP contribution in [0.15, 0.2) is 18.2 Å². The number of methoxy groups -OCH3 is 1. The van der Waals surface area contributed by atoms with E-state index < -0.39 is 5.97 Å². The minimum absolute atomic E-state index is 0.127. The Labute approximate surface area is 154 Å². The smallest absolute Gasteiger partial charge is 0.338 e. The Bertz CT molecular complexity index is 657. The molecular weight excluding hydrogens is 332 g/mol. The second-order valence-electron chi connectivity index (χ2n) is 7.42. The van der Waals surface area contributed by atoms with E-state index in [9.17, 15) is 9.59 Å². The van der Waals surface area contributed by atoms with Crippen molar-refractivity contribution in [3.8, 4) is 5.75 Å². The van der Waals surface area contributed by atoms with Crippen molar-refractivity contribution in [1.29, 1.82) is 0 Å². The molecule has 6 heteroatoms. The maximum Gasteiger partial charge on any atom is 0.338 e. The van der Waals surface area contributed by atoms with E-state index in [1.54, 1.807) is 18.2 Å². The zero-order chi connectivity index (χ0) is 18.5. The standard InChI is InChI=1S/C20H28N2O4/c1-22-8-4-7-17(12-22)21-19(23)15-9-16(20(24)25-2)11-18(10-15)26-13-14-5-3-6-14/h9-11,14,17H,3-8,12-13H2,1-2H3,(H,21,23)/t17-/m1/s1. The number of hydrogen-bond donors (Lipinski definition) is 1. The Kier molecular flexibility index (Phi) is 6.14. The second kappa shape index (κ2) is 8.54. The van der Waals surface area contributed by atoms with Crippen molar-refractivity contribution in [3.63, 3.8) is 0 Å². The van der Waals surface area contributed by atoms with Crippen molar-refractivity contribution < 1.29 is 19.1 Å². The summed E-state index contributed by atoms with van der Waals surface area (Å²) < 4.78 is 10.7. The number of piperidine rings is 1. The highest BCUT2D eigenvalue weighted by Gasteiger charge is 2.22. The molecule has 1 aromatic carbocycles. The molecule has 1 saturated carbocycles. The first-order valence-electron chi connectivity index (χ1n) is 9.41. The van der Waals surface area contributed by atoms with E-state index >= 15 is 0 Å². The van der Waals surface area contributed by atoms with Crippen LogP contribution in [0.2, 0.25) is 0 Å². The van der Waals surface area contributed by atoms with Gasteiger partial charge in [0.2, 0.25) is 0 Å². The van der Waals surface area contributed by atoms with Crippen LogP contribution in [0, 0.1) is 5.92 Å². The highest BCUT2D eigenvalue weighted by molar-refractivity contribution is 5.98. The van der Waals surface area contributed by atoms with Gasteiger partial charge in [0, 0.05) is 18.2 Å². The lowest BCUT2D eigenvalue weighted by molar-refractivity contribution is 0.0600. The van der Waals surface area contributed by atoms with Crippen LogP contribution in [0.25, 0.3) is 0 Å². The largest absolute Gasteiger partial charge is 0.493 e. The molecule has 1 heterocycles. The predicted octanol–water partition coefficient (Wildman–Crippen LogP) is 2.48. The minimum atomic E-state index is -0.467. The number of rotatable bonds is 6. The molecule has 0 aromatic heterocycles. The van der Waals surface area contributed by atoms with Gasteiger partial charge in [-0.1, -0.05) is 6.42 Å². The molecule has 0 unspecified atom stereocenters. The molecule has 1 atom stereocenters. The molecule has 6 nitrogen and oxygen atoms in total. The summed E-state index contributed by atoms with van der Waals surface area (Å²) in [7, 11) is 3.39. The monoisotopic (exact) mass is 360 g/mol. The zero-order valence-corrected chi connectivity index (χ0v) is 15.6. The molecule has 3 rings (SSSR count). The Hall–Kier alpha value is -2.08. The van der Waals surface area contributed by atoms with Crippen LogP contribution in [-0.4, -0.2) is 56.7 Å². The van der Waals surface area contributed by atoms with Crippen LogP contribution in [-0.2, 0) is 4.74 Å². The average molecular weight is 360 g/mol. The molecule has 0 bridgehead atoms. The Morgan fingerprint density at radius 2 is 1.92 bits per heavy atom. The number of benzene rings is 1. The van der Waals surface area contributed by atoms with Crippen molar-refractivity contribution in [1.82, 2.24) is 10.2 Å². The van der Waals surface area contributed by atoms with Gasteiger partial charge in [0.1, 0.15) is 5.75 Å². The number of ether oxygens (including phenoxy) is 2. The molecule has 1 saturated heterocycles. The fourth-order valence-electron chi connectivity index (χ4n) is 3.48. The number of nitrogens with one attached hydrogen (secondary N) is 1. The van der Waals surface area contributed by atoms with Crippen molar-refractivity contribution in [2.45, 2.75) is 38.1 Å². The molecular formula is C20H28N2O4. The van der Waals surface area contributed by atoms with E-state index in [2.05, 4.69) is 17.3 Å². The first-order chi connectivity index (χ1) is 12.5. The summed E-state index contributed by atoms with van der Waals surface area (Å²) >= 11 is 0. The molecule has 142 valence electrons. The third-order valence-electron chi connectivity index (χ3n) is 5.26. The molecule has 1 aliphatic carbocycles. The van der Waals surface area contributed by atoms with Gasteiger partial charge >= 0.3 is 5.97 Å². The molecule has 1 aromatic rings. The molecule has 2 aliphatic rings. The van der Waals surface area contributed by atoms with Gasteiger partial charge in [-0.15, -0.1) is 0 Å². The highest BCUT2D eigenvalue weighted by Crippen LogP contribution is 2.28. The van der Waals surface area contributed by atoms with Gasteiger partial charge in [-0.2, -0.15) is 0 Å². The molecule has 1 amide bonds. The third-order valence-corrected chi connectivity index (χ3v) is 5.26. The van der Waals surface area contributed by atoms with Crippen molar-refractivity contribution >= 4 is 11.9 Å². The van der Waals surface area contributed by atoms with Crippen LogP contribution in [0.3, 0.4) is 0 Å². The number of hydrogen-bond acceptors (Lipinski definition) is 5. The molecule has 1 N–H and O–H groups in total. The van der Waals surface area contributed by atoms with Gasteiger partial charge in [0.15, 0.2) is 0 Å². The van der Waals surface area contributed by atoms with Gasteiger partial charge in [0.25, 0.3) is 5.91 Å². The normalized spacial score (nSPS) is 20.9. The van der Waals surface area contributed by atoms with E-state index in [1.807, 2.05) is 0 Å². The van der Waals surface area contributed by atoms with Crippen LogP contribution in [0.1, 0.15) is 52.8 Å². The molecule has 26 heavy (non-hydrogen) atoms. The van der Waals surface area contributed by atoms with Crippen LogP contribution in [0.4, 0.5) is 0 Å². The van der Waals surface area contributed by atoms with E-state index in [4.69, 9.17) is 9.47 Å². The maximum atomic E-state index is 12.7. The van der Waals surface area contributed by atoms with Gasteiger partial charge in [-0.3, -0.25) is 4.79 Å². The summed E-state index contributed by atoms with van der Waals surface area (Å²) in [6, 6.07) is 5.06. The summed E-state index contributed by atoms with van der Waals surface area (Å²) in [5.74, 6) is 0.479. The van der Waals surface area contributed by atoms with Crippen LogP contribution < -0.4 is 10.1 Å². The fourth-order valence-corrected chi connectivity index (χ4v) is 3.48. The second-order valence-corrected chi connectivity index (χ2v) is 7.42. The molecule has 0 radical (unpaired) electrons. The Morgan fingerprint density at radius 1 is 1.15 bits per heavy atom. The third kappa shape index (κ3) is 4.75. The van der Waals surface area contributed by atoms with Gasteiger partial charge in [0.05, 0.1) is 19.3 Å². The van der Waals surface area contributed by atoms with Gasteiger partial charge in [-0.25, -0.2) is 4.79 Å². The predicted molar refractivity (Wildman–Crippen MR) is 98.6 cm³/mol. The first kappa shape index (κ1) is 18.7. The minimum Gasteiger partial charge on any atom is -0.493 e. The van der Waals surface area contributed by atoms with Crippen molar-refractivity contribution in [3.05, 3.63) is 29.3 Å². The quantitative estimate of drug-likeness (QED) is 0.790. The summed E-state index contributed by atoms with van der Waals surface area (Å²) in [6.07, 6.45) is 5.65. The van der Waals surface area contributed by atoms with E-state index in [-0.39, 0.29) is 11.9 Å². The number of likely N-dealkylation sites (tertiary alicyclic amines) is 1. The Morgan fingerprint density at radius 3 is 2.58 bits per heavy atom. The average Bonchev–Trinajstić information content (AvgIpc) is 2.59. The number of amides is 1. The lowest BCUT2D eigenvalue weighted by Gasteiger charge is -2.30. The Balaban J connectivity index is 1.72. The summed E-state index contributed by atoms with van der Waals surface area (Å²) in [6.45, 7) is 2.52. The number of esters is 1. The van der Waals surface area contributed by atoms with Crippen molar-refractivity contribution in [2.75, 3.05) is 33.9 Å². The van der Waals surface area contributed by atoms with Crippen molar-refractivity contribution in [2.24, 2.45) is 5.92 Å². The lowest BCUT2D eigenvalue weighted by Crippen LogP contribution is -2.46. The molecule has 1 aliphatic heterocycles. The SMILES string of the molecule is COC(=O)c1cc(OCC2CCC2)cc(C(=O)N[C@@H]2CCCN(C)C2)c1. The van der Waals surface area contributed by atoms with Crippen LogP contribution >= 0.6 is 0 Å². The van der Waals surface area contributed by atoms with Gasteiger partial charge in [-0.05, 0) is 63.4 Å². The van der Waals surface area contributed by atoms with E-state index in [0.29, 0.717) is 29.4 Å². The number of likely N-dealkylation sites (N-methyl/N-ethyl adjacent to an activating group) is 1. The first-order valence-corrected chi connectivity index (χ1v) is 9.41. The number of nitrogens with zero attached hydrogens (tertiary/aromatic N) is 1. The highest BCUT2D eigenvalue weighted by atomic mass is 16.5. The molecule has 0 spiro atoms. The van der Waals surface area contributed by atoms with Gasteiger partial charge < -0.3 is 19.7 Å².